The van der Waals surface area contributed by atoms with E-state index in [9.17, 15) is 0 Å². The largest absolute Gasteiger partial charge is 0.338 e. The summed E-state index contributed by atoms with van der Waals surface area (Å²) in [6.45, 7) is 2.52. The summed E-state index contributed by atoms with van der Waals surface area (Å²) >= 11 is 6.15. The Hall–Kier alpha value is -1.84. The first kappa shape index (κ1) is 12.2. The number of hydrogen-bond donors (Lipinski definition) is 2. The standard InChI is InChI=1S/C15H14ClN3/c1-9-11(3-2-4-12(9)16)15-18-13-6-5-10(8-17)7-14(13)19-15/h2-7H,8,17H2,1H3,(H,18,19). The minimum atomic E-state index is 0.528. The van der Waals surface area contributed by atoms with Gasteiger partial charge in [-0.2, -0.15) is 0 Å². The van der Waals surface area contributed by atoms with Gasteiger partial charge in [0, 0.05) is 17.1 Å². The van der Waals surface area contributed by atoms with E-state index in [4.69, 9.17) is 17.3 Å². The number of rotatable bonds is 2. The molecule has 0 aliphatic rings. The number of hydrogen-bond acceptors (Lipinski definition) is 2. The van der Waals surface area contributed by atoms with E-state index in [-0.39, 0.29) is 0 Å². The Morgan fingerprint density at radius 2 is 2.11 bits per heavy atom. The van der Waals surface area contributed by atoms with Gasteiger partial charge in [-0.1, -0.05) is 29.8 Å². The monoisotopic (exact) mass is 271 g/mol. The first-order valence-corrected chi connectivity index (χ1v) is 6.51. The average molecular weight is 272 g/mol. The molecule has 0 saturated carbocycles. The lowest BCUT2D eigenvalue weighted by molar-refractivity contribution is 1.07. The highest BCUT2D eigenvalue weighted by Gasteiger charge is 2.09. The van der Waals surface area contributed by atoms with Gasteiger partial charge >= 0.3 is 0 Å². The lowest BCUT2D eigenvalue weighted by Gasteiger charge is -2.03. The molecule has 0 atom stereocenters. The van der Waals surface area contributed by atoms with Crippen LogP contribution in [0.2, 0.25) is 5.02 Å². The first-order chi connectivity index (χ1) is 9.19. The normalized spacial score (nSPS) is 11.1. The molecule has 0 bridgehead atoms. The molecular weight excluding hydrogens is 258 g/mol. The number of nitrogens with two attached hydrogens (primary N) is 1. The van der Waals surface area contributed by atoms with E-state index >= 15 is 0 Å². The summed E-state index contributed by atoms with van der Waals surface area (Å²) in [6.07, 6.45) is 0. The summed E-state index contributed by atoms with van der Waals surface area (Å²) in [6, 6.07) is 11.8. The van der Waals surface area contributed by atoms with Crippen LogP contribution in [0.4, 0.5) is 0 Å². The van der Waals surface area contributed by atoms with Crippen LogP contribution in [0.25, 0.3) is 22.4 Å². The van der Waals surface area contributed by atoms with Crippen molar-refractivity contribution in [1.82, 2.24) is 9.97 Å². The Kier molecular flexibility index (Phi) is 3.01. The molecule has 0 unspecified atom stereocenters. The van der Waals surface area contributed by atoms with E-state index < -0.39 is 0 Å². The maximum absolute atomic E-state index is 6.15. The van der Waals surface area contributed by atoms with Crippen LogP contribution in [0.5, 0.6) is 0 Å². The van der Waals surface area contributed by atoms with E-state index in [0.29, 0.717) is 6.54 Å². The number of fused-ring (bicyclic) bond motifs is 1. The molecule has 0 spiro atoms. The summed E-state index contributed by atoms with van der Waals surface area (Å²) in [7, 11) is 0. The second-order valence-corrected chi connectivity index (χ2v) is 4.96. The van der Waals surface area contributed by atoms with Gasteiger partial charge < -0.3 is 10.7 Å². The lowest BCUT2D eigenvalue weighted by Crippen LogP contribution is -1.95. The molecule has 3 rings (SSSR count). The molecule has 1 heterocycles. The number of nitrogens with one attached hydrogen (secondary N) is 1. The van der Waals surface area contributed by atoms with Crippen LogP contribution in [0.3, 0.4) is 0 Å². The topological polar surface area (TPSA) is 54.7 Å². The van der Waals surface area contributed by atoms with Gasteiger partial charge in [-0.15, -0.1) is 0 Å². The van der Waals surface area contributed by atoms with Gasteiger partial charge in [0.1, 0.15) is 5.82 Å². The molecule has 0 aliphatic carbocycles. The van der Waals surface area contributed by atoms with Crippen LogP contribution in [-0.2, 0) is 6.54 Å². The zero-order valence-corrected chi connectivity index (χ0v) is 11.3. The van der Waals surface area contributed by atoms with E-state index in [1.807, 2.05) is 43.3 Å². The molecule has 3 aromatic rings. The highest BCUT2D eigenvalue weighted by atomic mass is 35.5. The van der Waals surface area contributed by atoms with Crippen LogP contribution in [0.1, 0.15) is 11.1 Å². The number of benzene rings is 2. The molecule has 3 N–H and O–H groups in total. The van der Waals surface area contributed by atoms with E-state index in [2.05, 4.69) is 9.97 Å². The van der Waals surface area contributed by atoms with Crippen LogP contribution < -0.4 is 5.73 Å². The Morgan fingerprint density at radius 1 is 1.26 bits per heavy atom. The highest BCUT2D eigenvalue weighted by molar-refractivity contribution is 6.31. The SMILES string of the molecule is Cc1c(Cl)cccc1-c1nc2ccc(CN)cc2[nH]1. The second-order valence-electron chi connectivity index (χ2n) is 4.55. The molecule has 0 amide bonds. The van der Waals surface area contributed by atoms with E-state index in [1.165, 1.54) is 0 Å². The Morgan fingerprint density at radius 3 is 2.89 bits per heavy atom. The van der Waals surface area contributed by atoms with Crippen molar-refractivity contribution < 1.29 is 0 Å². The third-order valence-corrected chi connectivity index (χ3v) is 3.71. The minimum absolute atomic E-state index is 0.528. The van der Waals surface area contributed by atoms with Gasteiger partial charge in [0.25, 0.3) is 0 Å². The third-order valence-electron chi connectivity index (χ3n) is 3.30. The van der Waals surface area contributed by atoms with Crippen molar-refractivity contribution in [2.45, 2.75) is 13.5 Å². The molecule has 96 valence electrons. The summed E-state index contributed by atoms with van der Waals surface area (Å²) in [4.78, 5) is 7.93. The fourth-order valence-electron chi connectivity index (χ4n) is 2.18. The lowest BCUT2D eigenvalue weighted by atomic mass is 10.1. The predicted molar refractivity (Wildman–Crippen MR) is 79.2 cm³/mol. The maximum atomic E-state index is 6.15. The van der Waals surface area contributed by atoms with Crippen molar-refractivity contribution in [2.24, 2.45) is 5.73 Å². The van der Waals surface area contributed by atoms with Gasteiger partial charge in [-0.25, -0.2) is 4.98 Å². The number of aromatic amines is 1. The molecule has 2 aromatic carbocycles. The number of nitrogens with zero attached hydrogens (tertiary/aromatic N) is 1. The molecule has 3 nitrogen and oxygen atoms in total. The highest BCUT2D eigenvalue weighted by Crippen LogP contribution is 2.28. The molecule has 0 aliphatic heterocycles. The van der Waals surface area contributed by atoms with Crippen molar-refractivity contribution in [2.75, 3.05) is 0 Å². The fourth-order valence-corrected chi connectivity index (χ4v) is 2.35. The average Bonchev–Trinajstić information content (AvgIpc) is 2.84. The first-order valence-electron chi connectivity index (χ1n) is 6.13. The molecule has 19 heavy (non-hydrogen) atoms. The molecule has 1 aromatic heterocycles. The smallest absolute Gasteiger partial charge is 0.138 e. The molecule has 0 fully saturated rings. The maximum Gasteiger partial charge on any atom is 0.138 e. The van der Waals surface area contributed by atoms with Gasteiger partial charge in [0.2, 0.25) is 0 Å². The third kappa shape index (κ3) is 2.11. The van der Waals surface area contributed by atoms with Crippen LogP contribution in [-0.4, -0.2) is 9.97 Å². The quantitative estimate of drug-likeness (QED) is 0.747. The number of imidazole rings is 1. The Labute approximate surface area is 116 Å². The number of H-pyrrole nitrogens is 1. The van der Waals surface area contributed by atoms with Crippen molar-refractivity contribution in [3.05, 3.63) is 52.5 Å². The predicted octanol–water partition coefficient (Wildman–Crippen LogP) is 3.65. The summed E-state index contributed by atoms with van der Waals surface area (Å²) in [5, 5.41) is 0.751. The van der Waals surface area contributed by atoms with Crippen LogP contribution >= 0.6 is 11.6 Å². The van der Waals surface area contributed by atoms with E-state index in [0.717, 1.165) is 38.6 Å². The van der Waals surface area contributed by atoms with Crippen molar-refractivity contribution in [3.63, 3.8) is 0 Å². The zero-order chi connectivity index (χ0) is 13.4. The molecule has 4 heteroatoms. The van der Waals surface area contributed by atoms with Crippen LogP contribution in [0.15, 0.2) is 36.4 Å². The van der Waals surface area contributed by atoms with Crippen molar-refractivity contribution in [1.29, 1.82) is 0 Å². The molecular formula is C15H14ClN3. The summed E-state index contributed by atoms with van der Waals surface area (Å²) in [5.41, 5.74) is 10.7. The zero-order valence-electron chi connectivity index (χ0n) is 10.6. The molecule has 0 radical (unpaired) electrons. The Bertz CT molecular complexity index is 746. The number of aromatic nitrogens is 2. The molecule has 0 saturated heterocycles. The summed E-state index contributed by atoms with van der Waals surface area (Å²) < 4.78 is 0. The fraction of sp³-hybridized carbons (Fsp3) is 0.133. The van der Waals surface area contributed by atoms with Gasteiger partial charge in [0.15, 0.2) is 0 Å². The minimum Gasteiger partial charge on any atom is -0.338 e. The van der Waals surface area contributed by atoms with Gasteiger partial charge in [0.05, 0.1) is 11.0 Å². The van der Waals surface area contributed by atoms with Gasteiger partial charge in [-0.3, -0.25) is 0 Å². The summed E-state index contributed by atoms with van der Waals surface area (Å²) in [5.74, 6) is 0.837. The van der Waals surface area contributed by atoms with E-state index in [1.54, 1.807) is 0 Å². The van der Waals surface area contributed by atoms with Crippen molar-refractivity contribution >= 4 is 22.6 Å². The van der Waals surface area contributed by atoms with Gasteiger partial charge in [-0.05, 0) is 36.2 Å². The van der Waals surface area contributed by atoms with Crippen LogP contribution in [0, 0.1) is 6.92 Å². The Balaban J connectivity index is 2.18. The number of halogens is 1. The van der Waals surface area contributed by atoms with Crippen molar-refractivity contribution in [3.8, 4) is 11.4 Å². The second kappa shape index (κ2) is 4.68.